The van der Waals surface area contributed by atoms with E-state index in [4.69, 9.17) is 9.47 Å². The summed E-state index contributed by atoms with van der Waals surface area (Å²) in [5.74, 6) is -1.75. The monoisotopic (exact) mass is 460 g/mol. The number of hydrogen-bond donors (Lipinski definition) is 2. The molecule has 3 rings (SSSR count). The predicted octanol–water partition coefficient (Wildman–Crippen LogP) is 3.23. The van der Waals surface area contributed by atoms with Crippen LogP contribution in [0.3, 0.4) is 0 Å². The van der Waals surface area contributed by atoms with Crippen LogP contribution in [0.5, 0.6) is 5.75 Å². The first-order valence-corrected chi connectivity index (χ1v) is 10.6. The van der Waals surface area contributed by atoms with Crippen molar-refractivity contribution in [1.29, 1.82) is 0 Å². The number of amides is 2. The van der Waals surface area contributed by atoms with Gasteiger partial charge >= 0.3 is 5.97 Å². The standard InChI is InChI=1S/C26H24N2O6/c1-2-33-22-15-9-7-13-20(22)26(32)27-16-24(30)34-17-23(29)28-21-14-8-6-12-19(21)25(31)18-10-4-3-5-11-18/h3-15H,2,16-17H2,1H3,(H,27,32)(H,28,29). The van der Waals surface area contributed by atoms with Crippen LogP contribution in [-0.2, 0) is 14.3 Å². The van der Waals surface area contributed by atoms with Crippen LogP contribution in [0.1, 0.15) is 33.2 Å². The highest BCUT2D eigenvalue weighted by molar-refractivity contribution is 6.13. The molecule has 0 atom stereocenters. The SMILES string of the molecule is CCOc1ccccc1C(=O)NCC(=O)OCC(=O)Nc1ccccc1C(=O)c1ccccc1. The van der Waals surface area contributed by atoms with Gasteiger partial charge in [0.25, 0.3) is 11.8 Å². The summed E-state index contributed by atoms with van der Waals surface area (Å²) in [6.07, 6.45) is 0. The molecule has 0 radical (unpaired) electrons. The van der Waals surface area contributed by atoms with Gasteiger partial charge in [-0.2, -0.15) is 0 Å². The lowest BCUT2D eigenvalue weighted by atomic mass is 10.0. The predicted molar refractivity (Wildman–Crippen MR) is 126 cm³/mol. The molecule has 34 heavy (non-hydrogen) atoms. The molecule has 0 spiro atoms. The summed E-state index contributed by atoms with van der Waals surface area (Å²) >= 11 is 0. The molecule has 174 valence electrons. The Kier molecular flexibility index (Phi) is 8.51. The van der Waals surface area contributed by atoms with Crippen molar-refractivity contribution in [2.45, 2.75) is 6.92 Å². The smallest absolute Gasteiger partial charge is 0.325 e. The van der Waals surface area contributed by atoms with Crippen molar-refractivity contribution in [1.82, 2.24) is 5.32 Å². The summed E-state index contributed by atoms with van der Waals surface area (Å²) in [5.41, 5.74) is 1.39. The molecule has 0 bridgehead atoms. The Bertz CT molecular complexity index is 1180. The van der Waals surface area contributed by atoms with Gasteiger partial charge in [0.15, 0.2) is 12.4 Å². The fourth-order valence-corrected chi connectivity index (χ4v) is 3.10. The maximum Gasteiger partial charge on any atom is 0.325 e. The van der Waals surface area contributed by atoms with Crippen LogP contribution in [0.25, 0.3) is 0 Å². The Hall–Kier alpha value is -4.46. The number of anilines is 1. The van der Waals surface area contributed by atoms with Crippen molar-refractivity contribution in [2.24, 2.45) is 0 Å². The molecule has 0 saturated heterocycles. The van der Waals surface area contributed by atoms with Crippen molar-refractivity contribution < 1.29 is 28.7 Å². The van der Waals surface area contributed by atoms with Gasteiger partial charge in [-0.05, 0) is 31.2 Å². The Morgan fingerprint density at radius 1 is 0.794 bits per heavy atom. The third-order valence-corrected chi connectivity index (χ3v) is 4.67. The van der Waals surface area contributed by atoms with E-state index in [9.17, 15) is 19.2 Å². The van der Waals surface area contributed by atoms with Gasteiger partial charge in [-0.25, -0.2) is 0 Å². The Labute approximate surface area is 196 Å². The number of benzene rings is 3. The van der Waals surface area contributed by atoms with E-state index in [-0.39, 0.29) is 11.3 Å². The molecule has 0 aliphatic rings. The van der Waals surface area contributed by atoms with Crippen molar-refractivity contribution in [2.75, 3.05) is 25.1 Å². The number of ketones is 1. The van der Waals surface area contributed by atoms with E-state index >= 15 is 0 Å². The van der Waals surface area contributed by atoms with E-state index in [0.29, 0.717) is 29.2 Å². The number of ether oxygens (including phenoxy) is 2. The average Bonchev–Trinajstić information content (AvgIpc) is 2.87. The second-order valence-corrected chi connectivity index (χ2v) is 7.06. The van der Waals surface area contributed by atoms with Crippen LogP contribution >= 0.6 is 0 Å². The molecule has 2 N–H and O–H groups in total. The molecule has 8 nitrogen and oxygen atoms in total. The van der Waals surface area contributed by atoms with E-state index in [1.54, 1.807) is 85.8 Å². The molecule has 3 aromatic carbocycles. The fraction of sp³-hybridized carbons (Fsp3) is 0.154. The Morgan fingerprint density at radius 2 is 1.44 bits per heavy atom. The van der Waals surface area contributed by atoms with Gasteiger partial charge in [0.05, 0.1) is 17.9 Å². The van der Waals surface area contributed by atoms with E-state index in [0.717, 1.165) is 0 Å². The van der Waals surface area contributed by atoms with Crippen LogP contribution in [0.4, 0.5) is 5.69 Å². The zero-order valence-electron chi connectivity index (χ0n) is 18.6. The highest BCUT2D eigenvalue weighted by atomic mass is 16.5. The summed E-state index contributed by atoms with van der Waals surface area (Å²) < 4.78 is 10.3. The number of hydrogen-bond acceptors (Lipinski definition) is 6. The van der Waals surface area contributed by atoms with Crippen molar-refractivity contribution in [3.05, 3.63) is 95.6 Å². The molecule has 8 heteroatoms. The molecule has 2 amide bonds. The Balaban J connectivity index is 1.52. The van der Waals surface area contributed by atoms with E-state index < -0.39 is 30.9 Å². The van der Waals surface area contributed by atoms with Crippen LogP contribution in [0.15, 0.2) is 78.9 Å². The van der Waals surface area contributed by atoms with Crippen LogP contribution in [-0.4, -0.2) is 43.3 Å². The summed E-state index contributed by atoms with van der Waals surface area (Å²) in [6, 6.07) is 21.9. The van der Waals surface area contributed by atoms with Gasteiger partial charge in [0.1, 0.15) is 12.3 Å². The zero-order chi connectivity index (χ0) is 24.3. The largest absolute Gasteiger partial charge is 0.493 e. The number of para-hydroxylation sites is 2. The molecule has 3 aromatic rings. The maximum atomic E-state index is 12.8. The van der Waals surface area contributed by atoms with Crippen LogP contribution in [0.2, 0.25) is 0 Å². The zero-order valence-corrected chi connectivity index (χ0v) is 18.6. The molecular weight excluding hydrogens is 436 g/mol. The third kappa shape index (κ3) is 6.52. The van der Waals surface area contributed by atoms with E-state index in [2.05, 4.69) is 10.6 Å². The number of esters is 1. The van der Waals surface area contributed by atoms with Gasteiger partial charge in [-0.3, -0.25) is 19.2 Å². The average molecular weight is 460 g/mol. The lowest BCUT2D eigenvalue weighted by Gasteiger charge is -2.12. The normalized spacial score (nSPS) is 10.1. The first kappa shape index (κ1) is 24.2. The van der Waals surface area contributed by atoms with Crippen molar-refractivity contribution in [3.8, 4) is 5.75 Å². The number of nitrogens with one attached hydrogen (secondary N) is 2. The summed E-state index contributed by atoms with van der Waals surface area (Å²) in [5, 5.41) is 5.03. The quantitative estimate of drug-likeness (QED) is 0.355. The molecule has 0 unspecified atom stereocenters. The topological polar surface area (TPSA) is 111 Å². The van der Waals surface area contributed by atoms with Crippen molar-refractivity contribution in [3.63, 3.8) is 0 Å². The molecule has 0 aliphatic carbocycles. The molecule has 0 fully saturated rings. The van der Waals surface area contributed by atoms with Gasteiger partial charge in [-0.1, -0.05) is 54.6 Å². The number of rotatable bonds is 10. The minimum atomic E-state index is -0.786. The molecule has 0 heterocycles. The lowest BCUT2D eigenvalue weighted by molar-refractivity contribution is -0.146. The lowest BCUT2D eigenvalue weighted by Crippen LogP contribution is -2.32. The van der Waals surface area contributed by atoms with E-state index in [1.165, 1.54) is 0 Å². The minimum Gasteiger partial charge on any atom is -0.493 e. The molecule has 0 saturated carbocycles. The second-order valence-electron chi connectivity index (χ2n) is 7.06. The first-order valence-electron chi connectivity index (χ1n) is 10.6. The van der Waals surface area contributed by atoms with Gasteiger partial charge in [0.2, 0.25) is 0 Å². The molecular formula is C26H24N2O6. The fourth-order valence-electron chi connectivity index (χ4n) is 3.10. The maximum absolute atomic E-state index is 12.8. The number of carbonyl (C=O) groups is 4. The van der Waals surface area contributed by atoms with Crippen LogP contribution < -0.4 is 15.4 Å². The molecule has 0 aliphatic heterocycles. The third-order valence-electron chi connectivity index (χ3n) is 4.67. The number of carbonyl (C=O) groups excluding carboxylic acids is 4. The van der Waals surface area contributed by atoms with Crippen molar-refractivity contribution >= 4 is 29.3 Å². The minimum absolute atomic E-state index is 0.247. The van der Waals surface area contributed by atoms with Gasteiger partial charge < -0.3 is 20.1 Å². The van der Waals surface area contributed by atoms with Crippen LogP contribution in [0, 0.1) is 0 Å². The summed E-state index contributed by atoms with van der Waals surface area (Å²) in [7, 11) is 0. The molecule has 0 aromatic heterocycles. The van der Waals surface area contributed by atoms with Gasteiger partial charge in [-0.15, -0.1) is 0 Å². The highest BCUT2D eigenvalue weighted by Crippen LogP contribution is 2.19. The second kappa shape index (κ2) is 12.0. The van der Waals surface area contributed by atoms with Gasteiger partial charge in [0, 0.05) is 11.1 Å². The highest BCUT2D eigenvalue weighted by Gasteiger charge is 2.17. The first-order chi connectivity index (χ1) is 16.5. The Morgan fingerprint density at radius 3 is 2.18 bits per heavy atom. The summed E-state index contributed by atoms with van der Waals surface area (Å²) in [6.45, 7) is 1.20. The van der Waals surface area contributed by atoms with E-state index in [1.807, 2.05) is 0 Å². The summed E-state index contributed by atoms with van der Waals surface area (Å²) in [4.78, 5) is 49.4.